The highest BCUT2D eigenvalue weighted by atomic mass is 15.2. The number of nitrogens with zero attached hydrogens (tertiary/aromatic N) is 5. The van der Waals surface area contributed by atoms with Gasteiger partial charge < -0.3 is 4.57 Å². The van der Waals surface area contributed by atoms with Gasteiger partial charge in [0.2, 0.25) is 0 Å². The van der Waals surface area contributed by atoms with E-state index in [0.717, 1.165) is 43.9 Å². The van der Waals surface area contributed by atoms with Crippen molar-refractivity contribution in [1.29, 1.82) is 0 Å². The minimum absolute atomic E-state index is 0.563. The lowest BCUT2D eigenvalue weighted by Gasteiger charge is -2.17. The molecule has 0 aliphatic carbocycles. The van der Waals surface area contributed by atoms with Crippen LogP contribution < -0.4 is 0 Å². The van der Waals surface area contributed by atoms with Gasteiger partial charge in [0.25, 0.3) is 0 Å². The van der Waals surface area contributed by atoms with Gasteiger partial charge in [-0.25, -0.2) is 4.98 Å². The molecule has 0 aromatic carbocycles. The van der Waals surface area contributed by atoms with E-state index in [4.69, 9.17) is 0 Å². The fourth-order valence-electron chi connectivity index (χ4n) is 3.77. The normalized spacial score (nSPS) is 17.7. The van der Waals surface area contributed by atoms with Crippen molar-refractivity contribution in [3.8, 4) is 11.3 Å². The maximum atomic E-state index is 4.56. The molecule has 0 radical (unpaired) electrons. The number of likely N-dealkylation sites (tertiary alicyclic amines) is 1. The molecule has 4 heterocycles. The largest absolute Gasteiger partial charge is 0.334 e. The standard InChI is InChI=1S/C21H25N5/c1-2-11-26-13-10-24-21(26)16-25-12-6-19(15-25)18-5-9-23-20(14-18)17-3-7-22-8-4-17/h3-5,7-10,13-14,19H,2,6,11-12,15-16H2,1H3/t19-/m1/s1. The zero-order chi connectivity index (χ0) is 17.8. The second-order valence-corrected chi connectivity index (χ2v) is 6.97. The third-order valence-corrected chi connectivity index (χ3v) is 5.14. The van der Waals surface area contributed by atoms with Crippen LogP contribution in [-0.2, 0) is 13.1 Å². The topological polar surface area (TPSA) is 46.8 Å². The molecule has 3 aromatic heterocycles. The van der Waals surface area contributed by atoms with Crippen molar-refractivity contribution in [2.75, 3.05) is 13.1 Å². The van der Waals surface area contributed by atoms with Crippen molar-refractivity contribution < 1.29 is 0 Å². The summed E-state index contributed by atoms with van der Waals surface area (Å²) < 4.78 is 2.28. The van der Waals surface area contributed by atoms with E-state index in [1.165, 1.54) is 17.8 Å². The van der Waals surface area contributed by atoms with Crippen molar-refractivity contribution in [3.63, 3.8) is 0 Å². The zero-order valence-electron chi connectivity index (χ0n) is 15.3. The Morgan fingerprint density at radius 3 is 2.81 bits per heavy atom. The summed E-state index contributed by atoms with van der Waals surface area (Å²) in [6.07, 6.45) is 11.9. The van der Waals surface area contributed by atoms with E-state index in [-0.39, 0.29) is 0 Å². The number of hydrogen-bond acceptors (Lipinski definition) is 4. The number of pyridine rings is 2. The van der Waals surface area contributed by atoms with Gasteiger partial charge in [-0.15, -0.1) is 0 Å². The number of aryl methyl sites for hydroxylation is 1. The lowest BCUT2D eigenvalue weighted by Crippen LogP contribution is -2.22. The molecule has 1 atom stereocenters. The fourth-order valence-corrected chi connectivity index (χ4v) is 3.77. The Bertz CT molecular complexity index is 842. The lowest BCUT2D eigenvalue weighted by molar-refractivity contribution is 0.312. The van der Waals surface area contributed by atoms with Gasteiger partial charge in [0.15, 0.2) is 0 Å². The second-order valence-electron chi connectivity index (χ2n) is 6.97. The van der Waals surface area contributed by atoms with Gasteiger partial charge in [0, 0.05) is 49.6 Å². The minimum Gasteiger partial charge on any atom is -0.334 e. The van der Waals surface area contributed by atoms with Gasteiger partial charge in [-0.3, -0.25) is 14.9 Å². The van der Waals surface area contributed by atoms with E-state index in [1.54, 1.807) is 0 Å². The number of rotatable bonds is 6. The van der Waals surface area contributed by atoms with Gasteiger partial charge in [0.05, 0.1) is 12.2 Å². The molecule has 0 bridgehead atoms. The van der Waals surface area contributed by atoms with E-state index < -0.39 is 0 Å². The first-order valence-corrected chi connectivity index (χ1v) is 9.42. The minimum atomic E-state index is 0.563. The van der Waals surface area contributed by atoms with Crippen LogP contribution in [0.5, 0.6) is 0 Å². The van der Waals surface area contributed by atoms with Crippen molar-refractivity contribution in [2.24, 2.45) is 0 Å². The van der Waals surface area contributed by atoms with Gasteiger partial charge in [-0.1, -0.05) is 6.92 Å². The van der Waals surface area contributed by atoms with Crippen LogP contribution in [0.2, 0.25) is 0 Å². The van der Waals surface area contributed by atoms with E-state index in [0.29, 0.717) is 5.92 Å². The molecule has 0 amide bonds. The highest BCUT2D eigenvalue weighted by Gasteiger charge is 2.25. The van der Waals surface area contributed by atoms with Crippen LogP contribution in [0.1, 0.15) is 37.1 Å². The van der Waals surface area contributed by atoms with Crippen LogP contribution in [0.4, 0.5) is 0 Å². The fraction of sp³-hybridized carbons (Fsp3) is 0.381. The summed E-state index contributed by atoms with van der Waals surface area (Å²) in [6, 6.07) is 8.43. The summed E-state index contributed by atoms with van der Waals surface area (Å²) in [5.41, 5.74) is 3.53. The van der Waals surface area contributed by atoms with Gasteiger partial charge in [0.1, 0.15) is 5.82 Å². The van der Waals surface area contributed by atoms with E-state index in [1.807, 2.05) is 36.9 Å². The summed E-state index contributed by atoms with van der Waals surface area (Å²) in [5.74, 6) is 1.74. The molecule has 3 aromatic rings. The van der Waals surface area contributed by atoms with Gasteiger partial charge in [-0.05, 0) is 55.1 Å². The molecule has 0 spiro atoms. The Labute approximate surface area is 154 Å². The molecule has 5 nitrogen and oxygen atoms in total. The molecule has 0 N–H and O–H groups in total. The van der Waals surface area contributed by atoms with Crippen molar-refractivity contribution >= 4 is 0 Å². The molecule has 0 unspecified atom stereocenters. The quantitative estimate of drug-likeness (QED) is 0.681. The van der Waals surface area contributed by atoms with E-state index in [9.17, 15) is 0 Å². The van der Waals surface area contributed by atoms with Crippen LogP contribution >= 0.6 is 0 Å². The molecule has 1 fully saturated rings. The summed E-state index contributed by atoms with van der Waals surface area (Å²) in [5, 5.41) is 0. The average molecular weight is 347 g/mol. The summed E-state index contributed by atoms with van der Waals surface area (Å²) in [4.78, 5) is 15.7. The van der Waals surface area contributed by atoms with Crippen molar-refractivity contribution in [2.45, 2.75) is 38.8 Å². The van der Waals surface area contributed by atoms with Gasteiger partial charge in [-0.2, -0.15) is 0 Å². The first-order chi connectivity index (χ1) is 12.8. The SMILES string of the molecule is CCCn1ccnc1CN1CC[C@@H](c2ccnc(-c3ccncc3)c2)C1. The average Bonchev–Trinajstić information content (AvgIpc) is 3.33. The maximum Gasteiger partial charge on any atom is 0.122 e. The Morgan fingerprint density at radius 1 is 1.08 bits per heavy atom. The Morgan fingerprint density at radius 2 is 1.96 bits per heavy atom. The Kier molecular flexibility index (Phi) is 5.07. The van der Waals surface area contributed by atoms with E-state index >= 15 is 0 Å². The molecule has 1 saturated heterocycles. The lowest BCUT2D eigenvalue weighted by atomic mass is 9.98. The van der Waals surface area contributed by atoms with Crippen LogP contribution in [0.3, 0.4) is 0 Å². The molecule has 4 rings (SSSR count). The van der Waals surface area contributed by atoms with Crippen molar-refractivity contribution in [3.05, 3.63) is 66.6 Å². The number of aromatic nitrogens is 4. The van der Waals surface area contributed by atoms with Crippen molar-refractivity contribution in [1.82, 2.24) is 24.4 Å². The Hall–Kier alpha value is -2.53. The molecule has 1 aliphatic rings. The molecular formula is C21H25N5. The molecular weight excluding hydrogens is 322 g/mol. The monoisotopic (exact) mass is 347 g/mol. The summed E-state index contributed by atoms with van der Waals surface area (Å²) >= 11 is 0. The molecule has 5 heteroatoms. The summed E-state index contributed by atoms with van der Waals surface area (Å²) in [6.45, 7) is 6.40. The highest BCUT2D eigenvalue weighted by molar-refractivity contribution is 5.59. The predicted octanol–water partition coefficient (Wildman–Crippen LogP) is 3.74. The number of imidazole rings is 1. The smallest absolute Gasteiger partial charge is 0.122 e. The Balaban J connectivity index is 1.45. The molecule has 0 saturated carbocycles. The predicted molar refractivity (Wildman–Crippen MR) is 103 cm³/mol. The second kappa shape index (κ2) is 7.79. The third-order valence-electron chi connectivity index (χ3n) is 5.14. The maximum absolute atomic E-state index is 4.56. The third kappa shape index (κ3) is 3.68. The first kappa shape index (κ1) is 16.9. The molecule has 1 aliphatic heterocycles. The summed E-state index contributed by atoms with van der Waals surface area (Å²) in [7, 11) is 0. The zero-order valence-corrected chi connectivity index (χ0v) is 15.3. The van der Waals surface area contributed by atoms with Crippen LogP contribution in [0.25, 0.3) is 11.3 Å². The van der Waals surface area contributed by atoms with Crippen LogP contribution in [0, 0.1) is 0 Å². The molecule has 26 heavy (non-hydrogen) atoms. The molecule has 134 valence electrons. The van der Waals surface area contributed by atoms with Crippen LogP contribution in [-0.4, -0.2) is 37.5 Å². The highest BCUT2D eigenvalue weighted by Crippen LogP contribution is 2.30. The van der Waals surface area contributed by atoms with Gasteiger partial charge >= 0.3 is 0 Å². The number of hydrogen-bond donors (Lipinski definition) is 0. The van der Waals surface area contributed by atoms with Crippen LogP contribution in [0.15, 0.2) is 55.2 Å². The first-order valence-electron chi connectivity index (χ1n) is 9.42. The van der Waals surface area contributed by atoms with E-state index in [2.05, 4.69) is 49.7 Å².